The Balaban J connectivity index is 1.61. The second kappa shape index (κ2) is 6.52. The zero-order valence-electron chi connectivity index (χ0n) is 16.4. The molecule has 0 radical (unpaired) electrons. The first kappa shape index (κ1) is 19.0. The third-order valence-corrected chi connectivity index (χ3v) is 7.07. The highest BCUT2D eigenvalue weighted by atomic mass is 35.5. The Bertz CT molecular complexity index is 913. The maximum atomic E-state index is 13.6. The lowest BCUT2D eigenvalue weighted by molar-refractivity contribution is -0.144. The lowest BCUT2D eigenvalue weighted by Crippen LogP contribution is -2.54. The summed E-state index contributed by atoms with van der Waals surface area (Å²) in [5.74, 6) is -2.11. The summed E-state index contributed by atoms with van der Waals surface area (Å²) in [4.78, 5) is 41.5. The Labute approximate surface area is 174 Å². The number of nitrogens with zero attached hydrogens (tertiary/aromatic N) is 1. The van der Waals surface area contributed by atoms with Gasteiger partial charge in [0.05, 0.1) is 24.5 Å². The number of anilines is 1. The number of hydrogen-bond donors (Lipinski definition) is 2. The standard InChI is InChI=1S/C21H24ClN3O4/c1-10(2)17-15-16(19(27)25(18(15)26)9-12-4-3-7-29-12)21(24-17)13-8-11(22)5-6-14(13)23-20(21)28/h5-6,8,10,12,15-17,24H,3-4,7,9H2,1-2H3,(H,23,28)/t12-,15-,16-,17+,21-/m1/s1. The number of carbonyl (C=O) groups excluding carboxylic acids is 3. The Hall–Kier alpha value is -1.96. The van der Waals surface area contributed by atoms with Crippen molar-refractivity contribution in [2.75, 3.05) is 18.5 Å². The van der Waals surface area contributed by atoms with Gasteiger partial charge in [0.2, 0.25) is 17.7 Å². The predicted molar refractivity (Wildman–Crippen MR) is 106 cm³/mol. The zero-order chi connectivity index (χ0) is 20.5. The third kappa shape index (κ3) is 2.54. The van der Waals surface area contributed by atoms with Crippen molar-refractivity contribution < 1.29 is 19.1 Å². The molecule has 3 fully saturated rings. The molecule has 1 aromatic rings. The van der Waals surface area contributed by atoms with E-state index in [1.54, 1.807) is 18.2 Å². The van der Waals surface area contributed by atoms with Crippen LogP contribution in [0.15, 0.2) is 18.2 Å². The Kier molecular flexibility index (Phi) is 4.28. The monoisotopic (exact) mass is 417 g/mol. The van der Waals surface area contributed by atoms with Crippen LogP contribution in [-0.4, -0.2) is 47.9 Å². The van der Waals surface area contributed by atoms with Crippen LogP contribution >= 0.6 is 11.6 Å². The fourth-order valence-corrected chi connectivity index (χ4v) is 5.68. The van der Waals surface area contributed by atoms with Crippen LogP contribution in [0.2, 0.25) is 5.02 Å². The van der Waals surface area contributed by atoms with Gasteiger partial charge >= 0.3 is 0 Å². The number of likely N-dealkylation sites (tertiary alicyclic amines) is 1. The van der Waals surface area contributed by atoms with Gasteiger partial charge in [-0.25, -0.2) is 0 Å². The fourth-order valence-electron chi connectivity index (χ4n) is 5.51. The topological polar surface area (TPSA) is 87.7 Å². The van der Waals surface area contributed by atoms with Crippen molar-refractivity contribution in [1.29, 1.82) is 0 Å². The van der Waals surface area contributed by atoms with Gasteiger partial charge in [-0.05, 0) is 37.0 Å². The van der Waals surface area contributed by atoms with E-state index in [9.17, 15) is 14.4 Å². The van der Waals surface area contributed by atoms with Crippen LogP contribution < -0.4 is 10.6 Å². The van der Waals surface area contributed by atoms with Gasteiger partial charge in [0.1, 0.15) is 5.54 Å². The van der Waals surface area contributed by atoms with E-state index in [1.807, 2.05) is 13.8 Å². The van der Waals surface area contributed by atoms with Crippen molar-refractivity contribution in [3.05, 3.63) is 28.8 Å². The van der Waals surface area contributed by atoms with Gasteiger partial charge < -0.3 is 10.1 Å². The molecule has 154 valence electrons. The highest BCUT2D eigenvalue weighted by Gasteiger charge is 2.70. The number of halogens is 1. The molecule has 0 bridgehead atoms. The normalized spacial score (nSPS) is 35.7. The van der Waals surface area contributed by atoms with Crippen LogP contribution in [0.1, 0.15) is 32.3 Å². The minimum Gasteiger partial charge on any atom is -0.376 e. The van der Waals surface area contributed by atoms with Crippen LogP contribution in [0.3, 0.4) is 0 Å². The minimum absolute atomic E-state index is 0.0670. The molecule has 1 spiro atoms. The van der Waals surface area contributed by atoms with E-state index in [4.69, 9.17) is 16.3 Å². The minimum atomic E-state index is -1.28. The first-order chi connectivity index (χ1) is 13.8. The van der Waals surface area contributed by atoms with Crippen molar-refractivity contribution in [1.82, 2.24) is 10.2 Å². The summed E-state index contributed by atoms with van der Waals surface area (Å²) in [5, 5.41) is 6.78. The van der Waals surface area contributed by atoms with E-state index in [0.29, 0.717) is 22.9 Å². The zero-order valence-corrected chi connectivity index (χ0v) is 17.2. The van der Waals surface area contributed by atoms with Crippen LogP contribution in [0.4, 0.5) is 5.69 Å². The number of amides is 3. The van der Waals surface area contributed by atoms with E-state index >= 15 is 0 Å². The van der Waals surface area contributed by atoms with Crippen molar-refractivity contribution in [2.24, 2.45) is 17.8 Å². The van der Waals surface area contributed by atoms with Gasteiger partial charge in [-0.1, -0.05) is 25.4 Å². The number of imide groups is 1. The quantitative estimate of drug-likeness (QED) is 0.733. The van der Waals surface area contributed by atoms with Crippen LogP contribution in [-0.2, 0) is 24.7 Å². The summed E-state index contributed by atoms with van der Waals surface area (Å²) in [6, 6.07) is 4.88. The molecule has 4 aliphatic rings. The van der Waals surface area contributed by atoms with E-state index in [0.717, 1.165) is 12.8 Å². The van der Waals surface area contributed by atoms with Gasteiger partial charge in [0.25, 0.3) is 0 Å². The first-order valence-corrected chi connectivity index (χ1v) is 10.6. The predicted octanol–water partition coefficient (Wildman–Crippen LogP) is 1.90. The maximum absolute atomic E-state index is 13.6. The maximum Gasteiger partial charge on any atom is 0.250 e. The van der Waals surface area contributed by atoms with E-state index in [-0.39, 0.29) is 42.3 Å². The summed E-state index contributed by atoms with van der Waals surface area (Å²) in [6.45, 7) is 4.91. The number of hydrogen-bond acceptors (Lipinski definition) is 5. The Morgan fingerprint density at radius 3 is 2.76 bits per heavy atom. The van der Waals surface area contributed by atoms with Crippen molar-refractivity contribution >= 4 is 35.0 Å². The number of fused-ring (bicyclic) bond motifs is 4. The fraction of sp³-hybridized carbons (Fsp3) is 0.571. The van der Waals surface area contributed by atoms with E-state index in [1.165, 1.54) is 4.90 Å². The molecule has 5 rings (SSSR count). The van der Waals surface area contributed by atoms with E-state index in [2.05, 4.69) is 10.6 Å². The molecule has 0 aliphatic carbocycles. The SMILES string of the molecule is CC(C)[C@@H]1N[C@@]2(C(=O)Nc3ccc(Cl)cc32)[C@H]2C(=O)N(C[C@H]3CCCO3)C(=O)[C@@H]12. The molecule has 0 aromatic heterocycles. The lowest BCUT2D eigenvalue weighted by atomic mass is 9.76. The largest absolute Gasteiger partial charge is 0.376 e. The summed E-state index contributed by atoms with van der Waals surface area (Å²) in [5.41, 5.74) is -0.00106. The smallest absolute Gasteiger partial charge is 0.250 e. The first-order valence-electron chi connectivity index (χ1n) is 10.2. The highest BCUT2D eigenvalue weighted by molar-refractivity contribution is 6.31. The van der Waals surface area contributed by atoms with Gasteiger partial charge in [-0.15, -0.1) is 0 Å². The van der Waals surface area contributed by atoms with Crippen molar-refractivity contribution in [2.45, 2.75) is 44.4 Å². The van der Waals surface area contributed by atoms with Gasteiger partial charge in [0.15, 0.2) is 0 Å². The molecule has 3 amide bonds. The summed E-state index contributed by atoms with van der Waals surface area (Å²) < 4.78 is 5.66. The summed E-state index contributed by atoms with van der Waals surface area (Å²) in [6.07, 6.45) is 1.65. The summed E-state index contributed by atoms with van der Waals surface area (Å²) >= 11 is 6.24. The number of rotatable bonds is 3. The molecule has 2 N–H and O–H groups in total. The molecule has 3 saturated heterocycles. The molecule has 5 atom stereocenters. The average Bonchev–Trinajstić information content (AvgIpc) is 3.41. The number of carbonyl (C=O) groups is 3. The number of ether oxygens (including phenoxy) is 1. The second-order valence-corrected chi connectivity index (χ2v) is 9.23. The van der Waals surface area contributed by atoms with Crippen molar-refractivity contribution in [3.8, 4) is 0 Å². The average molecular weight is 418 g/mol. The molecule has 7 nitrogen and oxygen atoms in total. The molecule has 29 heavy (non-hydrogen) atoms. The molecule has 4 aliphatic heterocycles. The number of nitrogens with one attached hydrogen (secondary N) is 2. The second-order valence-electron chi connectivity index (χ2n) is 8.79. The van der Waals surface area contributed by atoms with Gasteiger partial charge in [0, 0.05) is 28.9 Å². The summed E-state index contributed by atoms with van der Waals surface area (Å²) in [7, 11) is 0. The van der Waals surface area contributed by atoms with Gasteiger partial charge in [-0.2, -0.15) is 0 Å². The highest BCUT2D eigenvalue weighted by Crippen LogP contribution is 2.54. The van der Waals surface area contributed by atoms with Crippen LogP contribution in [0.25, 0.3) is 0 Å². The van der Waals surface area contributed by atoms with Crippen LogP contribution in [0.5, 0.6) is 0 Å². The molecule has 0 saturated carbocycles. The van der Waals surface area contributed by atoms with Gasteiger partial charge in [-0.3, -0.25) is 24.6 Å². The third-order valence-electron chi connectivity index (χ3n) is 6.83. The molecule has 4 heterocycles. The number of benzene rings is 1. The molecule has 8 heteroatoms. The molecular formula is C21H24ClN3O4. The van der Waals surface area contributed by atoms with Crippen LogP contribution in [0, 0.1) is 17.8 Å². The Morgan fingerprint density at radius 2 is 2.07 bits per heavy atom. The molecule has 0 unspecified atom stereocenters. The van der Waals surface area contributed by atoms with E-state index < -0.39 is 17.4 Å². The Morgan fingerprint density at radius 1 is 1.28 bits per heavy atom. The molecule has 1 aromatic carbocycles. The molecular weight excluding hydrogens is 394 g/mol. The lowest BCUT2D eigenvalue weighted by Gasteiger charge is -2.31. The van der Waals surface area contributed by atoms with Crippen molar-refractivity contribution in [3.63, 3.8) is 0 Å².